The van der Waals surface area contributed by atoms with E-state index in [1.54, 1.807) is 0 Å². The standard InChI is InChI=1S/C11H11N3O4/c1-2-8-12-13-11(18-8)7-3-4-9(15)14(5-7)6-10(16)17/h3-5H,2,6H2,1H3,(H,16,17). The highest BCUT2D eigenvalue weighted by Crippen LogP contribution is 2.16. The van der Waals surface area contributed by atoms with Crippen LogP contribution in [0.2, 0.25) is 0 Å². The fourth-order valence-electron chi connectivity index (χ4n) is 1.44. The van der Waals surface area contributed by atoms with Crippen molar-refractivity contribution in [3.05, 3.63) is 34.6 Å². The number of hydrogen-bond acceptors (Lipinski definition) is 5. The molecule has 7 heteroatoms. The van der Waals surface area contributed by atoms with Crippen LogP contribution in [0.4, 0.5) is 0 Å². The van der Waals surface area contributed by atoms with E-state index >= 15 is 0 Å². The van der Waals surface area contributed by atoms with Crippen molar-refractivity contribution in [3.63, 3.8) is 0 Å². The Kier molecular flexibility index (Phi) is 3.22. The van der Waals surface area contributed by atoms with Gasteiger partial charge in [-0.2, -0.15) is 0 Å². The van der Waals surface area contributed by atoms with Gasteiger partial charge in [0, 0.05) is 18.7 Å². The molecule has 0 unspecified atom stereocenters. The van der Waals surface area contributed by atoms with Gasteiger partial charge in [0.1, 0.15) is 6.54 Å². The molecule has 0 aliphatic heterocycles. The third-order valence-electron chi connectivity index (χ3n) is 2.31. The average molecular weight is 249 g/mol. The van der Waals surface area contributed by atoms with E-state index < -0.39 is 18.1 Å². The predicted octanol–water partition coefficient (Wildman–Crippen LogP) is 0.545. The second-order valence-corrected chi connectivity index (χ2v) is 3.63. The fraction of sp³-hybridized carbons (Fsp3) is 0.273. The van der Waals surface area contributed by atoms with Gasteiger partial charge >= 0.3 is 5.97 Å². The van der Waals surface area contributed by atoms with E-state index in [4.69, 9.17) is 9.52 Å². The molecule has 94 valence electrons. The van der Waals surface area contributed by atoms with Gasteiger partial charge in [-0.3, -0.25) is 9.59 Å². The van der Waals surface area contributed by atoms with Crippen LogP contribution in [0.5, 0.6) is 0 Å². The first-order chi connectivity index (χ1) is 8.60. The van der Waals surface area contributed by atoms with Gasteiger partial charge in [0.2, 0.25) is 11.8 Å². The lowest BCUT2D eigenvalue weighted by Gasteiger charge is -2.02. The molecule has 0 saturated carbocycles. The lowest BCUT2D eigenvalue weighted by atomic mass is 10.3. The molecular formula is C11H11N3O4. The van der Waals surface area contributed by atoms with E-state index in [0.717, 1.165) is 4.57 Å². The molecular weight excluding hydrogens is 238 g/mol. The van der Waals surface area contributed by atoms with Gasteiger partial charge in [-0.15, -0.1) is 10.2 Å². The molecule has 0 saturated heterocycles. The number of aryl methyl sites for hydroxylation is 1. The van der Waals surface area contributed by atoms with Crippen molar-refractivity contribution >= 4 is 5.97 Å². The lowest BCUT2D eigenvalue weighted by molar-refractivity contribution is -0.137. The summed E-state index contributed by atoms with van der Waals surface area (Å²) in [5.74, 6) is -0.332. The van der Waals surface area contributed by atoms with Gasteiger partial charge in [0.05, 0.1) is 5.56 Å². The zero-order chi connectivity index (χ0) is 13.1. The SMILES string of the molecule is CCc1nnc(-c2ccc(=O)n(CC(=O)O)c2)o1. The molecule has 0 aromatic carbocycles. The second-order valence-electron chi connectivity index (χ2n) is 3.63. The Morgan fingerprint density at radius 1 is 1.44 bits per heavy atom. The van der Waals surface area contributed by atoms with Gasteiger partial charge in [0.15, 0.2) is 0 Å². The van der Waals surface area contributed by atoms with Crippen molar-refractivity contribution in [3.8, 4) is 11.5 Å². The van der Waals surface area contributed by atoms with Crippen LogP contribution in [0.15, 0.2) is 27.5 Å². The molecule has 2 aromatic rings. The predicted molar refractivity (Wildman–Crippen MR) is 61.0 cm³/mol. The summed E-state index contributed by atoms with van der Waals surface area (Å²) in [7, 11) is 0. The van der Waals surface area contributed by atoms with E-state index in [9.17, 15) is 9.59 Å². The zero-order valence-corrected chi connectivity index (χ0v) is 9.66. The van der Waals surface area contributed by atoms with Crippen LogP contribution in [-0.2, 0) is 17.8 Å². The third kappa shape index (κ3) is 2.45. The highest BCUT2D eigenvalue weighted by atomic mass is 16.4. The van der Waals surface area contributed by atoms with Crippen molar-refractivity contribution in [1.82, 2.24) is 14.8 Å². The topological polar surface area (TPSA) is 98.2 Å². The Bertz CT molecular complexity index is 629. The number of nitrogens with zero attached hydrogens (tertiary/aromatic N) is 3. The average Bonchev–Trinajstić information content (AvgIpc) is 2.80. The Hall–Kier alpha value is -2.44. The Balaban J connectivity index is 2.39. The number of aliphatic carboxylic acids is 1. The van der Waals surface area contributed by atoms with Crippen molar-refractivity contribution in [2.75, 3.05) is 0 Å². The van der Waals surface area contributed by atoms with Crippen LogP contribution in [-0.4, -0.2) is 25.8 Å². The molecule has 2 heterocycles. The maximum Gasteiger partial charge on any atom is 0.323 e. The first-order valence-corrected chi connectivity index (χ1v) is 5.35. The van der Waals surface area contributed by atoms with E-state index in [1.165, 1.54) is 18.3 Å². The third-order valence-corrected chi connectivity index (χ3v) is 2.31. The number of aromatic nitrogens is 3. The number of carboxylic acids is 1. The van der Waals surface area contributed by atoms with Gasteiger partial charge in [-0.05, 0) is 6.07 Å². The monoisotopic (exact) mass is 249 g/mol. The zero-order valence-electron chi connectivity index (χ0n) is 9.66. The summed E-state index contributed by atoms with van der Waals surface area (Å²) < 4.78 is 6.41. The molecule has 7 nitrogen and oxygen atoms in total. The van der Waals surface area contributed by atoms with Crippen molar-refractivity contribution < 1.29 is 14.3 Å². The van der Waals surface area contributed by atoms with Crippen molar-refractivity contribution in [2.24, 2.45) is 0 Å². The molecule has 0 aliphatic rings. The number of pyridine rings is 1. The lowest BCUT2D eigenvalue weighted by Crippen LogP contribution is -2.22. The van der Waals surface area contributed by atoms with Crippen molar-refractivity contribution in [1.29, 1.82) is 0 Å². The summed E-state index contributed by atoms with van der Waals surface area (Å²) in [6.07, 6.45) is 2.01. The number of carboxylic acid groups (broad SMARTS) is 1. The van der Waals surface area contributed by atoms with Crippen LogP contribution in [0.3, 0.4) is 0 Å². The van der Waals surface area contributed by atoms with E-state index in [2.05, 4.69) is 10.2 Å². The summed E-state index contributed by atoms with van der Waals surface area (Å²) in [6.45, 7) is 1.48. The van der Waals surface area contributed by atoms with Crippen LogP contribution < -0.4 is 5.56 Å². The highest BCUT2D eigenvalue weighted by molar-refractivity contribution is 5.66. The Morgan fingerprint density at radius 2 is 2.22 bits per heavy atom. The first kappa shape index (κ1) is 12.0. The summed E-state index contributed by atoms with van der Waals surface area (Å²) in [5.41, 5.74) is 0.124. The van der Waals surface area contributed by atoms with Crippen LogP contribution in [0.1, 0.15) is 12.8 Å². The molecule has 0 radical (unpaired) electrons. The van der Waals surface area contributed by atoms with Crippen molar-refractivity contribution in [2.45, 2.75) is 19.9 Å². The number of hydrogen-bond donors (Lipinski definition) is 1. The minimum atomic E-state index is -1.09. The normalized spacial score (nSPS) is 10.5. The summed E-state index contributed by atoms with van der Waals surface area (Å²) in [6, 6.07) is 2.79. The molecule has 0 bridgehead atoms. The maximum atomic E-state index is 11.4. The molecule has 0 amide bonds. The summed E-state index contributed by atoms with van der Waals surface area (Å²) >= 11 is 0. The largest absolute Gasteiger partial charge is 0.480 e. The van der Waals surface area contributed by atoms with Crippen LogP contribution in [0.25, 0.3) is 11.5 Å². The molecule has 1 N–H and O–H groups in total. The van der Waals surface area contributed by atoms with E-state index in [-0.39, 0.29) is 5.89 Å². The molecule has 0 fully saturated rings. The van der Waals surface area contributed by atoms with Crippen LogP contribution >= 0.6 is 0 Å². The smallest absolute Gasteiger partial charge is 0.323 e. The molecule has 18 heavy (non-hydrogen) atoms. The maximum absolute atomic E-state index is 11.4. The highest BCUT2D eigenvalue weighted by Gasteiger charge is 2.10. The summed E-state index contributed by atoms with van der Waals surface area (Å²) in [5, 5.41) is 16.3. The number of rotatable bonds is 4. The van der Waals surface area contributed by atoms with Gasteiger partial charge in [-0.1, -0.05) is 6.92 Å². The fourth-order valence-corrected chi connectivity index (χ4v) is 1.44. The molecule has 2 aromatic heterocycles. The minimum Gasteiger partial charge on any atom is -0.480 e. The Morgan fingerprint density at radius 3 is 2.83 bits per heavy atom. The van der Waals surface area contributed by atoms with Gasteiger partial charge in [-0.25, -0.2) is 0 Å². The Labute approximate surface area is 102 Å². The molecule has 0 atom stereocenters. The molecule has 0 aliphatic carbocycles. The van der Waals surface area contributed by atoms with Gasteiger partial charge < -0.3 is 14.1 Å². The first-order valence-electron chi connectivity index (χ1n) is 5.35. The van der Waals surface area contributed by atoms with Crippen LogP contribution in [0, 0.1) is 0 Å². The van der Waals surface area contributed by atoms with E-state index in [1.807, 2.05) is 6.92 Å². The summed E-state index contributed by atoms with van der Waals surface area (Å²) in [4.78, 5) is 22.0. The van der Waals surface area contributed by atoms with E-state index in [0.29, 0.717) is 17.9 Å². The quantitative estimate of drug-likeness (QED) is 0.849. The van der Waals surface area contributed by atoms with Gasteiger partial charge in [0.25, 0.3) is 5.56 Å². The molecule has 0 spiro atoms. The second kappa shape index (κ2) is 4.82. The molecule has 2 rings (SSSR count). The number of carbonyl (C=O) groups is 1. The minimum absolute atomic E-state index is 0.269.